The average Bonchev–Trinajstić information content (AvgIpc) is 2.25. The molecule has 0 spiro atoms. The van der Waals surface area contributed by atoms with Gasteiger partial charge >= 0.3 is 0 Å². The molecule has 2 heteroatoms. The van der Waals surface area contributed by atoms with Crippen molar-refractivity contribution in [1.29, 1.82) is 0 Å². The molecular formula is C14H23NO. The van der Waals surface area contributed by atoms with E-state index in [2.05, 4.69) is 32.9 Å². The third-order valence-corrected chi connectivity index (χ3v) is 2.93. The Labute approximate surface area is 98.8 Å². The van der Waals surface area contributed by atoms with E-state index in [-0.39, 0.29) is 0 Å². The van der Waals surface area contributed by atoms with Gasteiger partial charge in [0.15, 0.2) is 0 Å². The van der Waals surface area contributed by atoms with Crippen LogP contribution < -0.4 is 10.5 Å². The third-order valence-electron chi connectivity index (χ3n) is 2.93. The highest BCUT2D eigenvalue weighted by atomic mass is 16.5. The van der Waals surface area contributed by atoms with E-state index in [0.29, 0.717) is 18.4 Å². The Kier molecular flexibility index (Phi) is 4.81. The number of hydrogen-bond acceptors (Lipinski definition) is 2. The molecule has 2 nitrogen and oxygen atoms in total. The summed E-state index contributed by atoms with van der Waals surface area (Å²) in [6, 6.07) is 6.36. The van der Waals surface area contributed by atoms with E-state index >= 15 is 0 Å². The number of methoxy groups -OCH3 is 1. The maximum atomic E-state index is 5.84. The Morgan fingerprint density at radius 2 is 2.00 bits per heavy atom. The molecule has 0 radical (unpaired) electrons. The second kappa shape index (κ2) is 5.90. The summed E-state index contributed by atoms with van der Waals surface area (Å²) in [7, 11) is 1.70. The molecule has 0 aliphatic heterocycles. The fraction of sp³-hybridized carbons (Fsp3) is 0.571. The monoisotopic (exact) mass is 221 g/mol. The highest BCUT2D eigenvalue weighted by Gasteiger charge is 2.12. The molecule has 0 bridgehead atoms. The van der Waals surface area contributed by atoms with Gasteiger partial charge in [-0.15, -0.1) is 0 Å². The molecule has 0 aliphatic carbocycles. The number of hydrogen-bond donors (Lipinski definition) is 1. The summed E-state index contributed by atoms with van der Waals surface area (Å²) >= 11 is 0. The highest BCUT2D eigenvalue weighted by molar-refractivity contribution is 5.37. The molecule has 0 saturated heterocycles. The topological polar surface area (TPSA) is 35.2 Å². The van der Waals surface area contributed by atoms with Crippen molar-refractivity contribution < 1.29 is 4.74 Å². The van der Waals surface area contributed by atoms with Gasteiger partial charge in [0.25, 0.3) is 0 Å². The fourth-order valence-corrected chi connectivity index (χ4v) is 2.09. The van der Waals surface area contributed by atoms with Crippen molar-refractivity contribution in [1.82, 2.24) is 0 Å². The minimum atomic E-state index is 0.463. The van der Waals surface area contributed by atoms with Gasteiger partial charge in [-0.05, 0) is 48.9 Å². The molecule has 0 saturated carbocycles. The van der Waals surface area contributed by atoms with E-state index in [1.165, 1.54) is 11.1 Å². The van der Waals surface area contributed by atoms with Crippen molar-refractivity contribution in [2.24, 2.45) is 11.7 Å². The van der Waals surface area contributed by atoms with E-state index in [9.17, 15) is 0 Å². The highest BCUT2D eigenvalue weighted by Crippen LogP contribution is 2.27. The van der Waals surface area contributed by atoms with Crippen LogP contribution in [0.3, 0.4) is 0 Å². The molecule has 1 aromatic rings. The van der Waals surface area contributed by atoms with Gasteiger partial charge in [0.1, 0.15) is 5.75 Å². The molecule has 1 rings (SSSR count). The molecule has 0 amide bonds. The van der Waals surface area contributed by atoms with Crippen LogP contribution in [-0.4, -0.2) is 13.7 Å². The van der Waals surface area contributed by atoms with Gasteiger partial charge in [-0.2, -0.15) is 0 Å². The van der Waals surface area contributed by atoms with E-state index in [0.717, 1.165) is 12.2 Å². The number of aryl methyl sites for hydroxylation is 1. The van der Waals surface area contributed by atoms with Crippen LogP contribution in [0.2, 0.25) is 0 Å². The van der Waals surface area contributed by atoms with Gasteiger partial charge in [-0.25, -0.2) is 0 Å². The average molecular weight is 221 g/mol. The van der Waals surface area contributed by atoms with Gasteiger partial charge in [0.2, 0.25) is 0 Å². The first kappa shape index (κ1) is 13.0. The Morgan fingerprint density at radius 1 is 1.31 bits per heavy atom. The van der Waals surface area contributed by atoms with Crippen LogP contribution in [0.4, 0.5) is 0 Å². The summed E-state index contributed by atoms with van der Waals surface area (Å²) in [5.74, 6) is 2.09. The number of rotatable bonds is 5. The van der Waals surface area contributed by atoms with Crippen molar-refractivity contribution in [3.63, 3.8) is 0 Å². The molecule has 16 heavy (non-hydrogen) atoms. The molecule has 0 heterocycles. The first-order valence-corrected chi connectivity index (χ1v) is 5.93. The minimum Gasteiger partial charge on any atom is -0.496 e. The zero-order valence-electron chi connectivity index (χ0n) is 10.8. The summed E-state index contributed by atoms with van der Waals surface area (Å²) in [6.07, 6.45) is 1.14. The second-order valence-corrected chi connectivity index (χ2v) is 4.79. The Balaban J connectivity index is 2.89. The van der Waals surface area contributed by atoms with Crippen LogP contribution in [0.5, 0.6) is 5.75 Å². The summed E-state index contributed by atoms with van der Waals surface area (Å²) in [4.78, 5) is 0. The standard InChI is InChI=1S/C14H23NO/c1-10(2)7-13(9-15)12-5-6-14(16-4)11(3)8-12/h5-6,8,10,13H,7,9,15H2,1-4H3. The predicted octanol–water partition coefficient (Wildman–Crippen LogP) is 3.09. The molecule has 1 aromatic carbocycles. The van der Waals surface area contributed by atoms with Crippen LogP contribution in [0.15, 0.2) is 18.2 Å². The minimum absolute atomic E-state index is 0.463. The van der Waals surface area contributed by atoms with Crippen molar-refractivity contribution in [2.75, 3.05) is 13.7 Å². The Morgan fingerprint density at radius 3 is 2.44 bits per heavy atom. The summed E-state index contributed by atoms with van der Waals surface area (Å²) in [6.45, 7) is 7.26. The van der Waals surface area contributed by atoms with E-state index in [1.807, 2.05) is 6.07 Å². The van der Waals surface area contributed by atoms with Gasteiger partial charge in [-0.3, -0.25) is 0 Å². The summed E-state index contributed by atoms with van der Waals surface area (Å²) in [5.41, 5.74) is 8.35. The van der Waals surface area contributed by atoms with Crippen LogP contribution in [-0.2, 0) is 0 Å². The van der Waals surface area contributed by atoms with Crippen molar-refractivity contribution in [2.45, 2.75) is 33.1 Å². The van der Waals surface area contributed by atoms with Crippen LogP contribution >= 0.6 is 0 Å². The second-order valence-electron chi connectivity index (χ2n) is 4.79. The molecule has 2 N–H and O–H groups in total. The van der Waals surface area contributed by atoms with Crippen molar-refractivity contribution >= 4 is 0 Å². The van der Waals surface area contributed by atoms with Crippen LogP contribution in [0.1, 0.15) is 37.3 Å². The quantitative estimate of drug-likeness (QED) is 0.829. The van der Waals surface area contributed by atoms with Gasteiger partial charge in [-0.1, -0.05) is 26.0 Å². The smallest absolute Gasteiger partial charge is 0.121 e. The lowest BCUT2D eigenvalue weighted by Crippen LogP contribution is -2.14. The third kappa shape index (κ3) is 3.24. The first-order chi connectivity index (χ1) is 7.58. The maximum Gasteiger partial charge on any atom is 0.121 e. The largest absolute Gasteiger partial charge is 0.496 e. The SMILES string of the molecule is COc1ccc(C(CN)CC(C)C)cc1C. The van der Waals surface area contributed by atoms with Crippen molar-refractivity contribution in [3.05, 3.63) is 29.3 Å². The van der Waals surface area contributed by atoms with E-state index < -0.39 is 0 Å². The van der Waals surface area contributed by atoms with Crippen LogP contribution in [0.25, 0.3) is 0 Å². The van der Waals surface area contributed by atoms with Crippen LogP contribution in [0, 0.1) is 12.8 Å². The number of ether oxygens (including phenoxy) is 1. The molecule has 90 valence electrons. The van der Waals surface area contributed by atoms with Gasteiger partial charge in [0.05, 0.1) is 7.11 Å². The molecule has 0 fully saturated rings. The summed E-state index contributed by atoms with van der Waals surface area (Å²) < 4.78 is 5.26. The van der Waals surface area contributed by atoms with Gasteiger partial charge in [0, 0.05) is 0 Å². The Hall–Kier alpha value is -1.02. The van der Waals surface area contributed by atoms with E-state index in [1.54, 1.807) is 7.11 Å². The lowest BCUT2D eigenvalue weighted by Gasteiger charge is -2.18. The Bertz CT molecular complexity index is 334. The lowest BCUT2D eigenvalue weighted by molar-refractivity contribution is 0.411. The molecule has 1 unspecified atom stereocenters. The molecule has 0 aromatic heterocycles. The fourth-order valence-electron chi connectivity index (χ4n) is 2.09. The zero-order valence-corrected chi connectivity index (χ0v) is 10.8. The van der Waals surface area contributed by atoms with E-state index in [4.69, 9.17) is 10.5 Å². The zero-order chi connectivity index (χ0) is 12.1. The summed E-state index contributed by atoms with van der Waals surface area (Å²) in [5, 5.41) is 0. The first-order valence-electron chi connectivity index (χ1n) is 5.93. The normalized spacial score (nSPS) is 12.9. The lowest BCUT2D eigenvalue weighted by atomic mass is 9.89. The molecule has 0 aliphatic rings. The van der Waals surface area contributed by atoms with Gasteiger partial charge < -0.3 is 10.5 Å². The number of nitrogens with two attached hydrogens (primary N) is 1. The number of benzene rings is 1. The van der Waals surface area contributed by atoms with Crippen molar-refractivity contribution in [3.8, 4) is 5.75 Å². The maximum absolute atomic E-state index is 5.84. The molecule has 1 atom stereocenters. The molecular weight excluding hydrogens is 198 g/mol. The predicted molar refractivity (Wildman–Crippen MR) is 69.0 cm³/mol.